The van der Waals surface area contributed by atoms with E-state index in [1.54, 1.807) is 0 Å². The summed E-state index contributed by atoms with van der Waals surface area (Å²) in [5.41, 5.74) is 13.5. The van der Waals surface area contributed by atoms with E-state index in [1.165, 1.54) is 22.3 Å². The smallest absolute Gasteiger partial charge is 0.143 e. The lowest BCUT2D eigenvalue weighted by Gasteiger charge is -2.27. The molecule has 3 heteroatoms. The Kier molecular flexibility index (Phi) is 6.81. The van der Waals surface area contributed by atoms with Crippen molar-refractivity contribution in [2.24, 2.45) is 0 Å². The van der Waals surface area contributed by atoms with E-state index < -0.39 is 0 Å². The molecule has 3 nitrogen and oxygen atoms in total. The number of rotatable bonds is 6. The van der Waals surface area contributed by atoms with Crippen LogP contribution in [0.1, 0.15) is 0 Å². The predicted octanol–water partition coefficient (Wildman–Crippen LogP) is 14.0. The van der Waals surface area contributed by atoms with Crippen LogP contribution in [0.25, 0.3) is 77.3 Å². The highest BCUT2D eigenvalue weighted by Crippen LogP contribution is 2.45. The molecule has 0 saturated heterocycles. The third kappa shape index (κ3) is 5.06. The standard InChI is InChI=1S/C48H31NO2/c1-3-11-32(12-4-1)34-19-24-37(25-20-34)49(38-26-21-35(22-27-38)33-13-5-2-6-14-33)39-30-42(48-44(31-39)41-16-8-10-18-46(41)51-48)36-23-28-47-43(29-36)40-15-7-9-17-45(40)50-47/h1-31H. The third-order valence-electron chi connectivity index (χ3n) is 9.87. The van der Waals surface area contributed by atoms with Crippen molar-refractivity contribution in [1.82, 2.24) is 0 Å². The summed E-state index contributed by atoms with van der Waals surface area (Å²) < 4.78 is 12.9. The number of furan rings is 2. The lowest BCUT2D eigenvalue weighted by molar-refractivity contribution is 0.668. The Morgan fingerprint density at radius 3 is 1.37 bits per heavy atom. The zero-order valence-corrected chi connectivity index (χ0v) is 27.7. The lowest BCUT2D eigenvalue weighted by Crippen LogP contribution is -2.10. The normalized spacial score (nSPS) is 11.5. The Labute approximate surface area is 295 Å². The molecule has 0 aliphatic heterocycles. The summed E-state index contributed by atoms with van der Waals surface area (Å²) in [6, 6.07) is 66.3. The Bertz CT molecular complexity index is 2750. The van der Waals surface area contributed by atoms with Gasteiger partial charge in [-0.1, -0.05) is 127 Å². The fourth-order valence-electron chi connectivity index (χ4n) is 7.36. The predicted molar refractivity (Wildman–Crippen MR) is 212 cm³/mol. The molecule has 0 fully saturated rings. The van der Waals surface area contributed by atoms with Crippen LogP contribution in [0.15, 0.2) is 197 Å². The SMILES string of the molecule is c1ccc(-c2ccc(N(c3ccc(-c4ccccc4)cc3)c3cc(-c4ccc5oc6ccccc6c5c4)c4oc5ccccc5c4c3)cc2)cc1. The largest absolute Gasteiger partial charge is 0.456 e. The van der Waals surface area contributed by atoms with Crippen LogP contribution in [0.2, 0.25) is 0 Å². The summed E-state index contributed by atoms with van der Waals surface area (Å²) in [7, 11) is 0. The van der Waals surface area contributed by atoms with Gasteiger partial charge in [0.1, 0.15) is 22.3 Å². The number of anilines is 3. The van der Waals surface area contributed by atoms with Crippen LogP contribution in [-0.2, 0) is 0 Å². The molecule has 0 N–H and O–H groups in total. The second-order valence-electron chi connectivity index (χ2n) is 12.9. The summed E-state index contributed by atoms with van der Waals surface area (Å²) in [4.78, 5) is 2.35. The molecule has 0 spiro atoms. The number of para-hydroxylation sites is 2. The molecule has 51 heavy (non-hydrogen) atoms. The quantitative estimate of drug-likeness (QED) is 0.179. The van der Waals surface area contributed by atoms with Crippen LogP contribution in [0.4, 0.5) is 17.1 Å². The van der Waals surface area contributed by atoms with Crippen LogP contribution < -0.4 is 4.90 Å². The number of nitrogens with zero attached hydrogens (tertiary/aromatic N) is 1. The number of hydrogen-bond donors (Lipinski definition) is 0. The van der Waals surface area contributed by atoms with E-state index in [0.29, 0.717) is 0 Å². The van der Waals surface area contributed by atoms with Gasteiger partial charge < -0.3 is 13.7 Å². The second-order valence-corrected chi connectivity index (χ2v) is 12.9. The lowest BCUT2D eigenvalue weighted by atomic mass is 9.98. The summed E-state index contributed by atoms with van der Waals surface area (Å²) in [5.74, 6) is 0. The van der Waals surface area contributed by atoms with Crippen molar-refractivity contribution in [2.45, 2.75) is 0 Å². The minimum absolute atomic E-state index is 0.867. The summed E-state index contributed by atoms with van der Waals surface area (Å²) >= 11 is 0. The first-order chi connectivity index (χ1) is 25.3. The highest BCUT2D eigenvalue weighted by molar-refractivity contribution is 6.13. The van der Waals surface area contributed by atoms with E-state index in [0.717, 1.165) is 72.1 Å². The zero-order chi connectivity index (χ0) is 33.7. The molecule has 0 saturated carbocycles. The molecule has 8 aromatic carbocycles. The fraction of sp³-hybridized carbons (Fsp3) is 0. The maximum Gasteiger partial charge on any atom is 0.143 e. The monoisotopic (exact) mass is 653 g/mol. The van der Waals surface area contributed by atoms with Gasteiger partial charge in [0, 0.05) is 44.2 Å². The molecular formula is C48H31NO2. The Morgan fingerprint density at radius 2 is 0.765 bits per heavy atom. The van der Waals surface area contributed by atoms with E-state index >= 15 is 0 Å². The highest BCUT2D eigenvalue weighted by atomic mass is 16.3. The molecule has 10 aromatic rings. The molecule has 2 aromatic heterocycles. The Morgan fingerprint density at radius 1 is 0.294 bits per heavy atom. The summed E-state index contributed by atoms with van der Waals surface area (Å²) in [6.07, 6.45) is 0. The summed E-state index contributed by atoms with van der Waals surface area (Å²) in [6.45, 7) is 0. The first-order valence-electron chi connectivity index (χ1n) is 17.2. The van der Waals surface area contributed by atoms with E-state index in [-0.39, 0.29) is 0 Å². The van der Waals surface area contributed by atoms with Crippen LogP contribution in [-0.4, -0.2) is 0 Å². The third-order valence-corrected chi connectivity index (χ3v) is 9.87. The van der Waals surface area contributed by atoms with Gasteiger partial charge >= 0.3 is 0 Å². The van der Waals surface area contributed by atoms with E-state index in [4.69, 9.17) is 8.83 Å². The average Bonchev–Trinajstić information content (AvgIpc) is 3.77. The maximum atomic E-state index is 6.65. The molecule has 0 aliphatic rings. The first kappa shape index (κ1) is 29.1. The average molecular weight is 654 g/mol. The molecule has 0 unspecified atom stereocenters. The first-order valence-corrected chi connectivity index (χ1v) is 17.2. The van der Waals surface area contributed by atoms with Crippen molar-refractivity contribution in [1.29, 1.82) is 0 Å². The molecule has 0 radical (unpaired) electrons. The van der Waals surface area contributed by atoms with Gasteiger partial charge in [0.15, 0.2) is 0 Å². The molecule has 0 aliphatic carbocycles. The highest BCUT2D eigenvalue weighted by Gasteiger charge is 2.20. The van der Waals surface area contributed by atoms with E-state index in [1.807, 2.05) is 24.3 Å². The molecule has 0 amide bonds. The van der Waals surface area contributed by atoms with Gasteiger partial charge in [0.2, 0.25) is 0 Å². The zero-order valence-electron chi connectivity index (χ0n) is 27.7. The molecule has 0 bridgehead atoms. The minimum Gasteiger partial charge on any atom is -0.456 e. The van der Waals surface area contributed by atoms with Gasteiger partial charge in [0.25, 0.3) is 0 Å². The van der Waals surface area contributed by atoms with Crippen molar-refractivity contribution in [3.63, 3.8) is 0 Å². The van der Waals surface area contributed by atoms with Crippen LogP contribution >= 0.6 is 0 Å². The Balaban J connectivity index is 1.20. The molecule has 2 heterocycles. The molecule has 0 atom stereocenters. The van der Waals surface area contributed by atoms with Crippen molar-refractivity contribution < 1.29 is 8.83 Å². The van der Waals surface area contributed by atoms with Crippen LogP contribution in [0, 0.1) is 0 Å². The van der Waals surface area contributed by atoms with Crippen LogP contribution in [0.5, 0.6) is 0 Å². The van der Waals surface area contributed by atoms with E-state index in [9.17, 15) is 0 Å². The van der Waals surface area contributed by atoms with Crippen molar-refractivity contribution in [3.05, 3.63) is 188 Å². The molecule has 10 rings (SSSR count). The molecule has 240 valence electrons. The van der Waals surface area contributed by atoms with Crippen LogP contribution in [0.3, 0.4) is 0 Å². The number of benzene rings is 8. The van der Waals surface area contributed by atoms with Gasteiger partial charge in [-0.05, 0) is 88.5 Å². The number of fused-ring (bicyclic) bond motifs is 6. The van der Waals surface area contributed by atoms with Gasteiger partial charge in [-0.15, -0.1) is 0 Å². The summed E-state index contributed by atoms with van der Waals surface area (Å²) in [5, 5.41) is 4.35. The maximum absolute atomic E-state index is 6.65. The van der Waals surface area contributed by atoms with Gasteiger partial charge in [-0.25, -0.2) is 0 Å². The topological polar surface area (TPSA) is 29.5 Å². The fourth-order valence-corrected chi connectivity index (χ4v) is 7.36. The second kappa shape index (κ2) is 11.9. The number of hydrogen-bond acceptors (Lipinski definition) is 3. The van der Waals surface area contributed by atoms with Gasteiger partial charge in [0.05, 0.1) is 0 Å². The van der Waals surface area contributed by atoms with Crippen molar-refractivity contribution >= 4 is 60.9 Å². The minimum atomic E-state index is 0.867. The van der Waals surface area contributed by atoms with Gasteiger partial charge in [-0.3, -0.25) is 0 Å². The Hall–Kier alpha value is -6.84. The van der Waals surface area contributed by atoms with Gasteiger partial charge in [-0.2, -0.15) is 0 Å². The molecular weight excluding hydrogens is 623 g/mol. The van der Waals surface area contributed by atoms with Crippen molar-refractivity contribution in [3.8, 4) is 33.4 Å². The van der Waals surface area contributed by atoms with Crippen molar-refractivity contribution in [2.75, 3.05) is 4.90 Å². The van der Waals surface area contributed by atoms with E-state index in [2.05, 4.69) is 169 Å².